The van der Waals surface area contributed by atoms with E-state index in [-0.39, 0.29) is 17.7 Å². The first-order chi connectivity index (χ1) is 14.4. The van der Waals surface area contributed by atoms with Crippen LogP contribution in [-0.4, -0.2) is 26.8 Å². The van der Waals surface area contributed by atoms with Gasteiger partial charge in [-0.05, 0) is 49.1 Å². The number of aromatic nitrogens is 2. The zero-order valence-electron chi connectivity index (χ0n) is 17.0. The molecule has 1 aliphatic carbocycles. The first-order valence-corrected chi connectivity index (χ1v) is 9.96. The van der Waals surface area contributed by atoms with Gasteiger partial charge in [-0.25, -0.2) is 4.79 Å². The fourth-order valence-electron chi connectivity index (χ4n) is 3.44. The molecule has 0 aliphatic heterocycles. The van der Waals surface area contributed by atoms with Crippen LogP contribution in [-0.2, 0) is 11.3 Å². The number of hydrogen-bond acceptors (Lipinski definition) is 4. The molecule has 0 atom stereocenters. The monoisotopic (exact) mass is 404 g/mol. The van der Waals surface area contributed by atoms with E-state index in [1.165, 1.54) is 17.7 Å². The summed E-state index contributed by atoms with van der Waals surface area (Å²) >= 11 is 0. The highest BCUT2D eigenvalue weighted by molar-refractivity contribution is 5.89. The Morgan fingerprint density at radius 3 is 2.60 bits per heavy atom. The summed E-state index contributed by atoms with van der Waals surface area (Å²) < 4.78 is 1.41. The number of nitrogens with one attached hydrogen (secondary N) is 2. The highest BCUT2D eigenvalue weighted by Gasteiger charge is 2.30. The van der Waals surface area contributed by atoms with Gasteiger partial charge in [0.1, 0.15) is 5.75 Å². The molecule has 3 N–H and O–H groups in total. The van der Waals surface area contributed by atoms with E-state index in [1.54, 1.807) is 12.1 Å². The van der Waals surface area contributed by atoms with Gasteiger partial charge in [-0.2, -0.15) is 9.78 Å². The quantitative estimate of drug-likeness (QED) is 0.595. The van der Waals surface area contributed by atoms with Crippen molar-refractivity contribution in [1.29, 1.82) is 0 Å². The summed E-state index contributed by atoms with van der Waals surface area (Å²) in [7, 11) is 0. The van der Waals surface area contributed by atoms with E-state index >= 15 is 0 Å². The largest absolute Gasteiger partial charge is 0.507 e. The third-order valence-electron chi connectivity index (χ3n) is 5.21. The second-order valence-corrected chi connectivity index (χ2v) is 7.64. The maximum Gasteiger partial charge on any atom is 0.342 e. The van der Waals surface area contributed by atoms with Crippen LogP contribution in [0, 0.1) is 6.92 Å². The summed E-state index contributed by atoms with van der Waals surface area (Å²) in [6, 6.07) is 14.3. The van der Waals surface area contributed by atoms with E-state index in [1.807, 2.05) is 37.3 Å². The first kappa shape index (κ1) is 19.7. The van der Waals surface area contributed by atoms with Gasteiger partial charge in [0.25, 0.3) is 0 Å². The van der Waals surface area contributed by atoms with Crippen LogP contribution in [0.4, 0.5) is 10.5 Å². The zero-order chi connectivity index (χ0) is 21.3. The van der Waals surface area contributed by atoms with E-state index in [4.69, 9.17) is 0 Å². The topological polar surface area (TPSA) is 96.3 Å². The molecule has 1 saturated carbocycles. The van der Waals surface area contributed by atoms with Gasteiger partial charge in [0.05, 0.1) is 11.4 Å². The Morgan fingerprint density at radius 1 is 1.17 bits per heavy atom. The van der Waals surface area contributed by atoms with E-state index in [2.05, 4.69) is 15.7 Å². The lowest BCUT2D eigenvalue weighted by Crippen LogP contribution is -2.30. The maximum atomic E-state index is 12.9. The van der Waals surface area contributed by atoms with Crippen molar-refractivity contribution in [1.82, 2.24) is 15.1 Å². The van der Waals surface area contributed by atoms with Crippen LogP contribution in [0.1, 0.15) is 42.5 Å². The molecule has 1 aliphatic rings. The minimum atomic E-state index is -0.291. The van der Waals surface area contributed by atoms with Crippen molar-refractivity contribution in [2.45, 2.75) is 39.2 Å². The second-order valence-electron chi connectivity index (χ2n) is 7.64. The lowest BCUT2D eigenvalue weighted by molar-refractivity contribution is -0.114. The summed E-state index contributed by atoms with van der Waals surface area (Å²) in [5.74, 6) is 0.0811. The van der Waals surface area contributed by atoms with Crippen molar-refractivity contribution in [2.24, 2.45) is 0 Å². The van der Waals surface area contributed by atoms with E-state index in [0.29, 0.717) is 29.4 Å². The normalized spacial score (nSPS) is 13.1. The smallest absolute Gasteiger partial charge is 0.342 e. The molecule has 3 aromatic rings. The molecule has 1 heterocycles. The van der Waals surface area contributed by atoms with Crippen LogP contribution in [0.25, 0.3) is 11.3 Å². The molecule has 154 valence electrons. The van der Waals surface area contributed by atoms with Crippen molar-refractivity contribution < 1.29 is 14.7 Å². The molecule has 1 aromatic heterocycles. The van der Waals surface area contributed by atoms with Crippen LogP contribution >= 0.6 is 0 Å². The highest BCUT2D eigenvalue weighted by Crippen LogP contribution is 2.42. The molecule has 0 spiro atoms. The minimum Gasteiger partial charge on any atom is -0.507 e. The van der Waals surface area contributed by atoms with Gasteiger partial charge in [0.15, 0.2) is 0 Å². The SMILES string of the molecule is CC(=O)Nc1ccc(-c2cc(C3CC3)n(C(=O)NCc3ccccc3C)n2)c(O)c1. The number of aryl methyl sites for hydroxylation is 1. The number of carbonyl (C=O) groups excluding carboxylic acids is 2. The van der Waals surface area contributed by atoms with Crippen molar-refractivity contribution in [3.63, 3.8) is 0 Å². The third kappa shape index (κ3) is 4.20. The molecule has 1 fully saturated rings. The standard InChI is InChI=1S/C23H24N4O3/c1-14-5-3-4-6-17(14)13-24-23(30)27-21(16-7-8-16)12-20(26-27)19-10-9-18(11-22(19)29)25-15(2)28/h3-6,9-12,16,29H,7-8,13H2,1-2H3,(H,24,30)(H,25,28). The minimum absolute atomic E-state index is 0.00596. The van der Waals surface area contributed by atoms with Gasteiger partial charge in [0.2, 0.25) is 5.91 Å². The number of anilines is 1. The molecule has 2 aromatic carbocycles. The molecule has 7 heteroatoms. The summed E-state index contributed by atoms with van der Waals surface area (Å²) in [6.45, 7) is 3.84. The lowest BCUT2D eigenvalue weighted by Gasteiger charge is -2.09. The van der Waals surface area contributed by atoms with Crippen molar-refractivity contribution in [3.8, 4) is 17.0 Å². The van der Waals surface area contributed by atoms with Crippen LogP contribution < -0.4 is 10.6 Å². The predicted molar refractivity (Wildman–Crippen MR) is 114 cm³/mol. The molecule has 7 nitrogen and oxygen atoms in total. The van der Waals surface area contributed by atoms with E-state index in [9.17, 15) is 14.7 Å². The lowest BCUT2D eigenvalue weighted by atomic mass is 10.1. The van der Waals surface area contributed by atoms with E-state index < -0.39 is 0 Å². The Hall–Kier alpha value is -3.61. The number of rotatable bonds is 5. The Morgan fingerprint density at radius 2 is 1.93 bits per heavy atom. The number of amides is 2. The molecule has 0 saturated heterocycles. The number of phenolic OH excluding ortho intramolecular Hbond substituents is 1. The Bertz CT molecular complexity index is 1120. The summed E-state index contributed by atoms with van der Waals surface area (Å²) in [5.41, 5.74) is 4.55. The van der Waals surface area contributed by atoms with Crippen LogP contribution in [0.5, 0.6) is 5.75 Å². The summed E-state index contributed by atoms with van der Waals surface area (Å²) in [6.07, 6.45) is 2.04. The number of benzene rings is 2. The molecule has 0 unspecified atom stereocenters. The average Bonchev–Trinajstić information content (AvgIpc) is 3.45. The second kappa shape index (κ2) is 8.02. The van der Waals surface area contributed by atoms with Gasteiger partial charge in [0, 0.05) is 36.7 Å². The van der Waals surface area contributed by atoms with Gasteiger partial charge < -0.3 is 15.7 Å². The number of phenols is 1. The summed E-state index contributed by atoms with van der Waals surface area (Å²) in [4.78, 5) is 24.1. The Labute approximate surface area is 174 Å². The van der Waals surface area contributed by atoms with Crippen molar-refractivity contribution >= 4 is 17.6 Å². The van der Waals surface area contributed by atoms with E-state index in [0.717, 1.165) is 29.7 Å². The van der Waals surface area contributed by atoms with Gasteiger partial charge in [-0.1, -0.05) is 24.3 Å². The fraction of sp³-hybridized carbons (Fsp3) is 0.261. The molecule has 0 radical (unpaired) electrons. The molecule has 2 amide bonds. The number of nitrogens with zero attached hydrogens (tertiary/aromatic N) is 2. The van der Waals surface area contributed by atoms with Gasteiger partial charge in [-0.15, -0.1) is 0 Å². The van der Waals surface area contributed by atoms with Crippen LogP contribution in [0.15, 0.2) is 48.5 Å². The number of carbonyl (C=O) groups is 2. The molecule has 0 bridgehead atoms. The zero-order valence-corrected chi connectivity index (χ0v) is 17.0. The number of aromatic hydroxyl groups is 1. The fourth-order valence-corrected chi connectivity index (χ4v) is 3.44. The molecular formula is C23H24N4O3. The predicted octanol–water partition coefficient (Wildman–Crippen LogP) is 4.16. The van der Waals surface area contributed by atoms with Crippen LogP contribution in [0.3, 0.4) is 0 Å². The van der Waals surface area contributed by atoms with Crippen LogP contribution in [0.2, 0.25) is 0 Å². The number of hydrogen-bond donors (Lipinski definition) is 3. The van der Waals surface area contributed by atoms with Crippen molar-refractivity contribution in [3.05, 3.63) is 65.4 Å². The molecule has 30 heavy (non-hydrogen) atoms. The Kier molecular flexibility index (Phi) is 5.27. The first-order valence-electron chi connectivity index (χ1n) is 9.96. The third-order valence-corrected chi connectivity index (χ3v) is 5.21. The maximum absolute atomic E-state index is 12.9. The highest BCUT2D eigenvalue weighted by atomic mass is 16.3. The van der Waals surface area contributed by atoms with Gasteiger partial charge in [-0.3, -0.25) is 4.79 Å². The average molecular weight is 404 g/mol. The Balaban J connectivity index is 1.58. The summed E-state index contributed by atoms with van der Waals surface area (Å²) in [5, 5.41) is 20.5. The molecular weight excluding hydrogens is 380 g/mol. The van der Waals surface area contributed by atoms with Crippen molar-refractivity contribution in [2.75, 3.05) is 5.32 Å². The molecule has 4 rings (SSSR count). The van der Waals surface area contributed by atoms with Gasteiger partial charge >= 0.3 is 6.03 Å².